The molecule has 1 aromatic carbocycles. The van der Waals surface area contributed by atoms with Gasteiger partial charge in [-0.25, -0.2) is 5.43 Å². The van der Waals surface area contributed by atoms with Crippen molar-refractivity contribution in [2.75, 3.05) is 0 Å². The predicted octanol–water partition coefficient (Wildman–Crippen LogP) is -0.488. The first-order valence-corrected chi connectivity index (χ1v) is 5.42. The van der Waals surface area contributed by atoms with Gasteiger partial charge >= 0.3 is 0 Å². The number of hydrogen-bond donors (Lipinski definition) is 3. The molecule has 5 N–H and O–H groups in total. The zero-order valence-electron chi connectivity index (χ0n) is 10.1. The molecule has 0 fully saturated rings. The summed E-state index contributed by atoms with van der Waals surface area (Å²) in [5.74, 6) is -0.749. The van der Waals surface area contributed by atoms with E-state index in [1.807, 2.05) is 24.3 Å². The molecule has 0 bridgehead atoms. The van der Waals surface area contributed by atoms with Crippen molar-refractivity contribution in [2.24, 2.45) is 16.6 Å². The smallest absolute Gasteiger partial charge is 0.236 e. The molecule has 0 aliphatic rings. The fourth-order valence-electron chi connectivity index (χ4n) is 1.29. The quantitative estimate of drug-likeness (QED) is 0.483. The van der Waals surface area contributed by atoms with Gasteiger partial charge in [0.25, 0.3) is 0 Å². The fourth-order valence-corrected chi connectivity index (χ4v) is 1.29. The van der Waals surface area contributed by atoms with Crippen LogP contribution >= 0.6 is 0 Å². The zero-order valence-corrected chi connectivity index (χ0v) is 10.1. The maximum absolute atomic E-state index is 10.8. The first kappa shape index (κ1) is 13.9. The van der Waals surface area contributed by atoms with Gasteiger partial charge in [0.05, 0.1) is 12.3 Å². The maximum Gasteiger partial charge on any atom is 0.236 e. The van der Waals surface area contributed by atoms with E-state index in [0.717, 1.165) is 11.1 Å². The summed E-state index contributed by atoms with van der Waals surface area (Å²) >= 11 is 0. The number of nitrogens with two attached hydrogens (primary N) is 2. The molecule has 0 heterocycles. The number of nitrogens with zero attached hydrogens (tertiary/aromatic N) is 1. The molecule has 6 heteroatoms. The zero-order chi connectivity index (χ0) is 13.5. The molecule has 1 atom stereocenters. The summed E-state index contributed by atoms with van der Waals surface area (Å²) in [6.45, 7) is 1.38. The number of amides is 2. The summed E-state index contributed by atoms with van der Waals surface area (Å²) in [5.41, 5.74) is 14.7. The van der Waals surface area contributed by atoms with E-state index >= 15 is 0 Å². The summed E-state index contributed by atoms with van der Waals surface area (Å²) in [4.78, 5) is 21.4. The lowest BCUT2D eigenvalue weighted by Gasteiger charge is -2.07. The number of carbonyl (C=O) groups is 2. The van der Waals surface area contributed by atoms with E-state index in [-0.39, 0.29) is 5.91 Å². The van der Waals surface area contributed by atoms with Gasteiger partial charge in [0.2, 0.25) is 11.8 Å². The van der Waals surface area contributed by atoms with Gasteiger partial charge in [0.15, 0.2) is 0 Å². The van der Waals surface area contributed by atoms with Crippen molar-refractivity contribution in [1.82, 2.24) is 5.43 Å². The SMILES string of the molecule is CC(=O)N/N=C/c1ccc(CC(N)C(N)=O)cc1. The molecule has 1 unspecified atom stereocenters. The molecule has 0 aliphatic carbocycles. The first-order valence-electron chi connectivity index (χ1n) is 5.42. The van der Waals surface area contributed by atoms with Crippen molar-refractivity contribution in [3.05, 3.63) is 35.4 Å². The maximum atomic E-state index is 10.8. The lowest BCUT2D eigenvalue weighted by Crippen LogP contribution is -2.38. The molecule has 2 amide bonds. The second-order valence-corrected chi connectivity index (χ2v) is 3.88. The van der Waals surface area contributed by atoms with E-state index < -0.39 is 11.9 Å². The first-order chi connectivity index (χ1) is 8.49. The second kappa shape index (κ2) is 6.51. The number of hydrogen-bond acceptors (Lipinski definition) is 4. The minimum atomic E-state index is -0.677. The molecule has 0 saturated carbocycles. The molecule has 0 aliphatic heterocycles. The van der Waals surface area contributed by atoms with Gasteiger partial charge in [-0.15, -0.1) is 0 Å². The van der Waals surface area contributed by atoms with Crippen molar-refractivity contribution in [3.63, 3.8) is 0 Å². The number of benzene rings is 1. The van der Waals surface area contributed by atoms with Gasteiger partial charge in [-0.3, -0.25) is 9.59 Å². The van der Waals surface area contributed by atoms with Gasteiger partial charge in [-0.2, -0.15) is 5.10 Å². The minimum absolute atomic E-state index is 0.227. The molecular formula is C12H16N4O2. The Hall–Kier alpha value is -2.21. The molecule has 96 valence electrons. The van der Waals surface area contributed by atoms with Crippen molar-refractivity contribution in [3.8, 4) is 0 Å². The molecule has 1 rings (SSSR count). The highest BCUT2D eigenvalue weighted by Crippen LogP contribution is 2.04. The Kier molecular flexibility index (Phi) is 5.01. The molecule has 18 heavy (non-hydrogen) atoms. The van der Waals surface area contributed by atoms with Gasteiger partial charge in [0.1, 0.15) is 0 Å². The van der Waals surface area contributed by atoms with Crippen LogP contribution in [0.25, 0.3) is 0 Å². The third kappa shape index (κ3) is 4.75. The second-order valence-electron chi connectivity index (χ2n) is 3.88. The monoisotopic (exact) mass is 248 g/mol. The third-order valence-corrected chi connectivity index (χ3v) is 2.24. The summed E-state index contributed by atoms with van der Waals surface area (Å²) in [5, 5.41) is 3.74. The normalized spacial score (nSPS) is 12.3. The largest absolute Gasteiger partial charge is 0.368 e. The average molecular weight is 248 g/mol. The van der Waals surface area contributed by atoms with Crippen molar-refractivity contribution < 1.29 is 9.59 Å². The Morgan fingerprint density at radius 2 is 2.00 bits per heavy atom. The standard InChI is InChI=1S/C12H16N4O2/c1-8(17)16-15-7-10-4-2-9(3-5-10)6-11(13)12(14)18/h2-5,7,11H,6,13H2,1H3,(H2,14,18)(H,16,17)/b15-7+. The van der Waals surface area contributed by atoms with Gasteiger partial charge < -0.3 is 11.5 Å². The van der Waals surface area contributed by atoms with Crippen LogP contribution in [0.5, 0.6) is 0 Å². The van der Waals surface area contributed by atoms with E-state index in [1.165, 1.54) is 13.1 Å². The van der Waals surface area contributed by atoms with E-state index in [4.69, 9.17) is 11.5 Å². The Bertz CT molecular complexity index is 454. The third-order valence-electron chi connectivity index (χ3n) is 2.24. The predicted molar refractivity (Wildman–Crippen MR) is 68.7 cm³/mol. The van der Waals surface area contributed by atoms with Crippen molar-refractivity contribution in [1.29, 1.82) is 0 Å². The molecule has 0 spiro atoms. The topological polar surface area (TPSA) is 111 Å². The van der Waals surface area contributed by atoms with Crippen LogP contribution in [-0.4, -0.2) is 24.1 Å². The summed E-state index contributed by atoms with van der Waals surface area (Å²) < 4.78 is 0. The van der Waals surface area contributed by atoms with Crippen LogP contribution in [0, 0.1) is 0 Å². The molecule has 1 aromatic rings. The number of nitrogens with one attached hydrogen (secondary N) is 1. The van der Waals surface area contributed by atoms with Gasteiger partial charge in [-0.05, 0) is 17.5 Å². The van der Waals surface area contributed by atoms with E-state index in [9.17, 15) is 9.59 Å². The highest BCUT2D eigenvalue weighted by molar-refractivity contribution is 5.82. The lowest BCUT2D eigenvalue weighted by atomic mass is 10.0. The molecule has 0 saturated heterocycles. The molecule has 0 aromatic heterocycles. The summed E-state index contributed by atoms with van der Waals surface area (Å²) in [6, 6.07) is 6.61. The minimum Gasteiger partial charge on any atom is -0.368 e. The fraction of sp³-hybridized carbons (Fsp3) is 0.250. The van der Waals surface area contributed by atoms with Crippen LogP contribution in [0.4, 0.5) is 0 Å². The Labute approximate surface area is 105 Å². The van der Waals surface area contributed by atoms with Crippen LogP contribution in [0.15, 0.2) is 29.4 Å². The van der Waals surface area contributed by atoms with Crippen LogP contribution < -0.4 is 16.9 Å². The highest BCUT2D eigenvalue weighted by atomic mass is 16.2. The molecular weight excluding hydrogens is 232 g/mol. The Balaban J connectivity index is 2.60. The summed E-state index contributed by atoms with van der Waals surface area (Å²) in [6.07, 6.45) is 1.93. The van der Waals surface area contributed by atoms with Crippen LogP contribution in [0.1, 0.15) is 18.1 Å². The number of carbonyl (C=O) groups excluding carboxylic acids is 2. The van der Waals surface area contributed by atoms with Crippen molar-refractivity contribution in [2.45, 2.75) is 19.4 Å². The highest BCUT2D eigenvalue weighted by Gasteiger charge is 2.09. The number of rotatable bonds is 5. The van der Waals surface area contributed by atoms with Crippen molar-refractivity contribution >= 4 is 18.0 Å². The van der Waals surface area contributed by atoms with E-state index in [1.54, 1.807) is 0 Å². The molecule has 0 radical (unpaired) electrons. The van der Waals surface area contributed by atoms with Crippen LogP contribution in [-0.2, 0) is 16.0 Å². The van der Waals surface area contributed by atoms with E-state index in [0.29, 0.717) is 6.42 Å². The van der Waals surface area contributed by atoms with Crippen LogP contribution in [0.3, 0.4) is 0 Å². The Morgan fingerprint density at radius 3 is 2.50 bits per heavy atom. The number of primary amides is 1. The van der Waals surface area contributed by atoms with E-state index in [2.05, 4.69) is 10.5 Å². The average Bonchev–Trinajstić information content (AvgIpc) is 2.30. The van der Waals surface area contributed by atoms with Gasteiger partial charge in [0, 0.05) is 6.92 Å². The molecule has 6 nitrogen and oxygen atoms in total. The van der Waals surface area contributed by atoms with Crippen LogP contribution in [0.2, 0.25) is 0 Å². The lowest BCUT2D eigenvalue weighted by molar-refractivity contribution is -0.119. The Morgan fingerprint density at radius 1 is 1.39 bits per heavy atom. The summed E-state index contributed by atoms with van der Waals surface area (Å²) in [7, 11) is 0. The number of hydrazone groups is 1. The van der Waals surface area contributed by atoms with Gasteiger partial charge in [-0.1, -0.05) is 24.3 Å².